The van der Waals surface area contributed by atoms with E-state index >= 15 is 0 Å². The predicted octanol–water partition coefficient (Wildman–Crippen LogP) is 2.20. The van der Waals surface area contributed by atoms with Gasteiger partial charge in [-0.25, -0.2) is 4.98 Å². The zero-order chi connectivity index (χ0) is 21.5. The van der Waals surface area contributed by atoms with Gasteiger partial charge in [-0.3, -0.25) is 4.79 Å². The van der Waals surface area contributed by atoms with Gasteiger partial charge in [0.25, 0.3) is 0 Å². The molecule has 1 atom stereocenters. The number of likely N-dealkylation sites (tertiary alicyclic amines) is 1. The summed E-state index contributed by atoms with van der Waals surface area (Å²) in [7, 11) is 0. The van der Waals surface area contributed by atoms with Gasteiger partial charge in [-0.15, -0.1) is 0 Å². The van der Waals surface area contributed by atoms with Crippen molar-refractivity contribution in [2.45, 2.75) is 37.8 Å². The predicted molar refractivity (Wildman–Crippen MR) is 120 cm³/mol. The zero-order valence-corrected chi connectivity index (χ0v) is 18.0. The molecule has 1 amide bonds. The smallest absolute Gasteiger partial charge is 0.222 e. The molecule has 7 nitrogen and oxygen atoms in total. The second kappa shape index (κ2) is 10.1. The maximum atomic E-state index is 11.6. The number of rotatable bonds is 10. The lowest BCUT2D eigenvalue weighted by Crippen LogP contribution is -2.43. The summed E-state index contributed by atoms with van der Waals surface area (Å²) in [4.78, 5) is 20.0. The fourth-order valence-electron chi connectivity index (χ4n) is 4.27. The lowest BCUT2D eigenvalue weighted by atomic mass is 10.0. The van der Waals surface area contributed by atoms with Crippen LogP contribution in [0.5, 0.6) is 5.75 Å². The Labute approximate surface area is 184 Å². The van der Waals surface area contributed by atoms with Crippen LogP contribution in [0, 0.1) is 0 Å². The molecule has 0 aliphatic carbocycles. The molecule has 0 spiro atoms. The molecule has 166 valence electrons. The van der Waals surface area contributed by atoms with Crippen LogP contribution in [-0.2, 0) is 11.3 Å². The number of aromatic nitrogens is 1. The molecule has 2 saturated heterocycles. The second-order valence-electron chi connectivity index (χ2n) is 8.52. The standard InChI is InChI=1S/C24H32N4O3/c29-23-6-3-13-27(23)14-4-16-31-21-9-7-20(8-10-21)17-25-18-24(30)11-15-28(19-24)22-5-1-2-12-26-22/h1-2,5,7-10,12,25,30H,3-4,6,11,13-19H2. The molecule has 2 fully saturated rings. The summed E-state index contributed by atoms with van der Waals surface area (Å²) in [6, 6.07) is 13.9. The summed E-state index contributed by atoms with van der Waals surface area (Å²) < 4.78 is 5.80. The number of amides is 1. The van der Waals surface area contributed by atoms with E-state index in [1.54, 1.807) is 6.20 Å². The third kappa shape index (κ3) is 5.95. The highest BCUT2D eigenvalue weighted by molar-refractivity contribution is 5.77. The summed E-state index contributed by atoms with van der Waals surface area (Å²) in [5.74, 6) is 2.03. The van der Waals surface area contributed by atoms with Crippen molar-refractivity contribution in [3.63, 3.8) is 0 Å². The van der Waals surface area contributed by atoms with Gasteiger partial charge in [-0.1, -0.05) is 18.2 Å². The summed E-state index contributed by atoms with van der Waals surface area (Å²) in [6.45, 7) is 4.92. The van der Waals surface area contributed by atoms with Gasteiger partial charge < -0.3 is 25.0 Å². The number of nitrogens with zero attached hydrogens (tertiary/aromatic N) is 3. The molecule has 1 aromatic heterocycles. The van der Waals surface area contributed by atoms with E-state index < -0.39 is 5.60 Å². The number of carbonyl (C=O) groups is 1. The lowest BCUT2D eigenvalue weighted by Gasteiger charge is -2.24. The van der Waals surface area contributed by atoms with Crippen molar-refractivity contribution in [2.24, 2.45) is 0 Å². The Morgan fingerprint density at radius 3 is 2.77 bits per heavy atom. The van der Waals surface area contributed by atoms with E-state index in [2.05, 4.69) is 15.2 Å². The molecule has 3 heterocycles. The van der Waals surface area contributed by atoms with Crippen LogP contribution in [0.1, 0.15) is 31.2 Å². The Morgan fingerprint density at radius 2 is 2.03 bits per heavy atom. The highest BCUT2D eigenvalue weighted by Gasteiger charge is 2.36. The van der Waals surface area contributed by atoms with Crippen LogP contribution >= 0.6 is 0 Å². The first-order valence-corrected chi connectivity index (χ1v) is 11.2. The molecule has 4 rings (SSSR count). The molecule has 0 bridgehead atoms. The van der Waals surface area contributed by atoms with Crippen molar-refractivity contribution in [3.8, 4) is 5.75 Å². The highest BCUT2D eigenvalue weighted by atomic mass is 16.5. The minimum absolute atomic E-state index is 0.267. The van der Waals surface area contributed by atoms with Crippen molar-refractivity contribution in [1.82, 2.24) is 15.2 Å². The lowest BCUT2D eigenvalue weighted by molar-refractivity contribution is -0.127. The molecule has 2 aliphatic rings. The fourth-order valence-corrected chi connectivity index (χ4v) is 4.27. The topological polar surface area (TPSA) is 77.9 Å². The number of hydrogen-bond donors (Lipinski definition) is 2. The SMILES string of the molecule is O=C1CCCN1CCCOc1ccc(CNCC2(O)CCN(c3ccccn3)C2)cc1. The Hall–Kier alpha value is -2.64. The van der Waals surface area contributed by atoms with Crippen LogP contribution in [-0.4, -0.2) is 65.8 Å². The van der Waals surface area contributed by atoms with Crippen molar-refractivity contribution >= 4 is 11.7 Å². The molecule has 31 heavy (non-hydrogen) atoms. The molecule has 1 unspecified atom stereocenters. The van der Waals surface area contributed by atoms with Gasteiger partial charge in [-0.2, -0.15) is 0 Å². The quantitative estimate of drug-likeness (QED) is 0.570. The molecule has 0 radical (unpaired) electrons. The van der Waals surface area contributed by atoms with Crippen molar-refractivity contribution in [2.75, 3.05) is 44.2 Å². The van der Waals surface area contributed by atoms with Crippen LogP contribution in [0.4, 0.5) is 5.82 Å². The maximum absolute atomic E-state index is 11.6. The first kappa shape index (κ1) is 21.6. The molecule has 7 heteroatoms. The summed E-state index contributed by atoms with van der Waals surface area (Å²) in [6.07, 6.45) is 5.04. The Kier molecular flexibility index (Phi) is 7.04. The van der Waals surface area contributed by atoms with E-state index in [1.807, 2.05) is 47.4 Å². The van der Waals surface area contributed by atoms with E-state index in [4.69, 9.17) is 4.74 Å². The van der Waals surface area contributed by atoms with Crippen molar-refractivity contribution in [3.05, 3.63) is 54.2 Å². The largest absolute Gasteiger partial charge is 0.494 e. The number of nitrogens with one attached hydrogen (secondary N) is 1. The average Bonchev–Trinajstić information content (AvgIpc) is 3.38. The van der Waals surface area contributed by atoms with E-state index in [1.165, 1.54) is 0 Å². The van der Waals surface area contributed by atoms with E-state index in [9.17, 15) is 9.90 Å². The third-order valence-corrected chi connectivity index (χ3v) is 6.02. The zero-order valence-electron chi connectivity index (χ0n) is 18.0. The highest BCUT2D eigenvalue weighted by Crippen LogP contribution is 2.25. The Morgan fingerprint density at radius 1 is 1.16 bits per heavy atom. The number of β-amino-alcohol motifs (C(OH)–C–C–N with tert-alkyl or cyclic N) is 1. The van der Waals surface area contributed by atoms with Gasteiger partial charge in [0.15, 0.2) is 0 Å². The van der Waals surface area contributed by atoms with Gasteiger partial charge in [-0.05, 0) is 49.1 Å². The van der Waals surface area contributed by atoms with E-state index in [0.717, 1.165) is 56.0 Å². The summed E-state index contributed by atoms with van der Waals surface area (Å²) >= 11 is 0. The average molecular weight is 425 g/mol. The number of hydrogen-bond acceptors (Lipinski definition) is 6. The Balaban J connectivity index is 1.15. The maximum Gasteiger partial charge on any atom is 0.222 e. The number of ether oxygens (including phenoxy) is 1. The number of aliphatic hydroxyl groups is 1. The molecule has 0 saturated carbocycles. The third-order valence-electron chi connectivity index (χ3n) is 6.02. The van der Waals surface area contributed by atoms with Crippen LogP contribution in [0.3, 0.4) is 0 Å². The molecule has 2 aliphatic heterocycles. The van der Waals surface area contributed by atoms with Gasteiger partial charge in [0, 0.05) is 51.9 Å². The van der Waals surface area contributed by atoms with Crippen LogP contribution < -0.4 is 15.0 Å². The molecular formula is C24H32N4O3. The second-order valence-corrected chi connectivity index (χ2v) is 8.52. The number of anilines is 1. The van der Waals surface area contributed by atoms with Crippen LogP contribution in [0.15, 0.2) is 48.7 Å². The minimum Gasteiger partial charge on any atom is -0.494 e. The fraction of sp³-hybridized carbons (Fsp3) is 0.500. The normalized spacial score (nSPS) is 21.1. The minimum atomic E-state index is -0.739. The van der Waals surface area contributed by atoms with E-state index in [-0.39, 0.29) is 5.91 Å². The van der Waals surface area contributed by atoms with Gasteiger partial charge >= 0.3 is 0 Å². The summed E-state index contributed by atoms with van der Waals surface area (Å²) in [5.41, 5.74) is 0.412. The number of pyridine rings is 1. The molecular weight excluding hydrogens is 392 g/mol. The van der Waals surface area contributed by atoms with Crippen molar-refractivity contribution < 1.29 is 14.6 Å². The van der Waals surface area contributed by atoms with E-state index in [0.29, 0.717) is 32.7 Å². The van der Waals surface area contributed by atoms with Gasteiger partial charge in [0.1, 0.15) is 11.6 Å². The number of benzene rings is 1. The van der Waals surface area contributed by atoms with Crippen molar-refractivity contribution in [1.29, 1.82) is 0 Å². The first-order valence-electron chi connectivity index (χ1n) is 11.2. The Bertz CT molecular complexity index is 846. The van der Waals surface area contributed by atoms with Gasteiger partial charge in [0.05, 0.1) is 12.2 Å². The summed E-state index contributed by atoms with van der Waals surface area (Å²) in [5, 5.41) is 14.3. The molecule has 2 aromatic rings. The van der Waals surface area contributed by atoms with Crippen LogP contribution in [0.2, 0.25) is 0 Å². The number of carbonyl (C=O) groups excluding carboxylic acids is 1. The van der Waals surface area contributed by atoms with Crippen LogP contribution in [0.25, 0.3) is 0 Å². The molecule has 1 aromatic carbocycles. The molecule has 2 N–H and O–H groups in total. The van der Waals surface area contributed by atoms with Gasteiger partial charge in [0.2, 0.25) is 5.91 Å². The monoisotopic (exact) mass is 424 g/mol. The first-order chi connectivity index (χ1) is 15.1.